The van der Waals surface area contributed by atoms with Crippen LogP contribution in [0.3, 0.4) is 0 Å². The highest BCUT2D eigenvalue weighted by Gasteiger charge is 2.33. The van der Waals surface area contributed by atoms with Crippen LogP contribution in [0.4, 0.5) is 5.69 Å². The zero-order valence-electron chi connectivity index (χ0n) is 15.9. The highest BCUT2D eigenvalue weighted by atomic mass is 16.6. The maximum absolute atomic E-state index is 12.8. The normalized spacial score (nSPS) is 16.9. The van der Waals surface area contributed by atoms with Crippen LogP contribution in [0, 0.1) is 10.1 Å². The molecule has 1 heterocycles. The summed E-state index contributed by atoms with van der Waals surface area (Å²) in [6.07, 6.45) is 1.51. The van der Waals surface area contributed by atoms with E-state index in [9.17, 15) is 19.7 Å². The van der Waals surface area contributed by atoms with Gasteiger partial charge < -0.3 is 14.8 Å². The number of nitro benzene ring substituents is 1. The molecule has 0 saturated carbocycles. The molecule has 0 bridgehead atoms. The van der Waals surface area contributed by atoms with Crippen LogP contribution in [-0.4, -0.2) is 29.6 Å². The molecule has 0 aromatic heterocycles. The van der Waals surface area contributed by atoms with Crippen LogP contribution < -0.4 is 5.32 Å². The molecule has 0 fully saturated rings. The van der Waals surface area contributed by atoms with Crippen LogP contribution in [0.2, 0.25) is 0 Å². The maximum Gasteiger partial charge on any atom is 0.354 e. The lowest BCUT2D eigenvalue weighted by Gasteiger charge is -2.28. The minimum atomic E-state index is -0.718. The molecular formula is C19H22N2O6. The van der Waals surface area contributed by atoms with Gasteiger partial charge in [0.2, 0.25) is 0 Å². The SMILES string of the molecule is COC(=O)C1=CC(c2cccc([N+](=O)[O-])c2)C(C(=O)OC(C)(C)C)=C(C)N1. The molecule has 1 aromatic carbocycles. The second kappa shape index (κ2) is 7.61. The van der Waals surface area contributed by atoms with E-state index in [-0.39, 0.29) is 17.0 Å². The number of dihydropyridines is 1. The fourth-order valence-corrected chi connectivity index (χ4v) is 2.73. The summed E-state index contributed by atoms with van der Waals surface area (Å²) in [6, 6.07) is 5.92. The molecule has 0 spiro atoms. The number of non-ortho nitro benzene ring substituents is 1. The lowest BCUT2D eigenvalue weighted by Crippen LogP contribution is -2.33. The molecule has 0 amide bonds. The van der Waals surface area contributed by atoms with Crippen LogP contribution in [0.1, 0.15) is 39.2 Å². The van der Waals surface area contributed by atoms with Gasteiger partial charge in [-0.2, -0.15) is 0 Å². The molecule has 1 unspecified atom stereocenters. The van der Waals surface area contributed by atoms with Crippen LogP contribution in [0.5, 0.6) is 0 Å². The Morgan fingerprint density at radius 1 is 1.22 bits per heavy atom. The predicted molar refractivity (Wildman–Crippen MR) is 97.6 cm³/mol. The van der Waals surface area contributed by atoms with Gasteiger partial charge in [-0.3, -0.25) is 10.1 Å². The Labute approximate surface area is 157 Å². The van der Waals surface area contributed by atoms with Gasteiger partial charge in [-0.05, 0) is 39.3 Å². The van der Waals surface area contributed by atoms with Crippen LogP contribution >= 0.6 is 0 Å². The van der Waals surface area contributed by atoms with E-state index in [0.717, 1.165) is 0 Å². The summed E-state index contributed by atoms with van der Waals surface area (Å²) in [6.45, 7) is 6.87. The molecule has 1 aromatic rings. The van der Waals surface area contributed by atoms with Crippen molar-refractivity contribution in [1.29, 1.82) is 0 Å². The van der Waals surface area contributed by atoms with Gasteiger partial charge in [0, 0.05) is 23.7 Å². The summed E-state index contributed by atoms with van der Waals surface area (Å²) in [5.74, 6) is -1.87. The van der Waals surface area contributed by atoms with Crippen molar-refractivity contribution in [1.82, 2.24) is 5.32 Å². The van der Waals surface area contributed by atoms with Crippen molar-refractivity contribution < 1.29 is 24.0 Å². The standard InChI is InChI=1S/C19H22N2O6/c1-11-16(18(23)27-19(2,3)4)14(10-15(20-11)17(22)26-5)12-7-6-8-13(9-12)21(24)25/h6-10,14,20H,1-5H3. The van der Waals surface area contributed by atoms with Crippen LogP contribution in [0.15, 0.2) is 47.3 Å². The number of allylic oxidation sites excluding steroid dienone is 2. The first kappa shape index (κ1) is 20.2. The topological polar surface area (TPSA) is 108 Å². The molecule has 0 saturated heterocycles. The van der Waals surface area contributed by atoms with Crippen LogP contribution in [-0.2, 0) is 19.1 Å². The van der Waals surface area contributed by atoms with Crippen molar-refractivity contribution in [2.45, 2.75) is 39.2 Å². The molecule has 8 heteroatoms. The van der Waals surface area contributed by atoms with Gasteiger partial charge in [-0.1, -0.05) is 12.1 Å². The summed E-state index contributed by atoms with van der Waals surface area (Å²) < 4.78 is 10.2. The Morgan fingerprint density at radius 2 is 1.89 bits per heavy atom. The average molecular weight is 374 g/mol. The quantitative estimate of drug-likeness (QED) is 0.490. The molecule has 0 radical (unpaired) electrons. The van der Waals surface area contributed by atoms with Gasteiger partial charge in [0.15, 0.2) is 0 Å². The fourth-order valence-electron chi connectivity index (χ4n) is 2.73. The van der Waals surface area contributed by atoms with E-state index >= 15 is 0 Å². The predicted octanol–water partition coefficient (Wildman–Crippen LogP) is 2.95. The Balaban J connectivity index is 2.56. The number of benzene rings is 1. The number of nitrogens with zero attached hydrogens (tertiary/aromatic N) is 1. The number of esters is 2. The lowest BCUT2D eigenvalue weighted by atomic mass is 9.86. The molecular weight excluding hydrogens is 352 g/mol. The molecule has 8 nitrogen and oxygen atoms in total. The smallest absolute Gasteiger partial charge is 0.354 e. The van der Waals surface area contributed by atoms with Crippen molar-refractivity contribution in [3.8, 4) is 0 Å². The summed E-state index contributed by atoms with van der Waals surface area (Å²) in [7, 11) is 1.25. The number of rotatable bonds is 4. The van der Waals surface area contributed by atoms with Crippen molar-refractivity contribution >= 4 is 17.6 Å². The molecule has 1 N–H and O–H groups in total. The zero-order valence-corrected chi connectivity index (χ0v) is 15.9. The van der Waals surface area contributed by atoms with E-state index in [1.807, 2.05) is 0 Å². The van der Waals surface area contributed by atoms with E-state index in [1.54, 1.807) is 33.8 Å². The highest BCUT2D eigenvalue weighted by molar-refractivity contribution is 5.95. The number of hydrogen-bond acceptors (Lipinski definition) is 7. The third-order valence-electron chi connectivity index (χ3n) is 3.83. The van der Waals surface area contributed by atoms with Gasteiger partial charge in [-0.15, -0.1) is 0 Å². The van der Waals surface area contributed by atoms with Gasteiger partial charge >= 0.3 is 11.9 Å². The molecule has 2 rings (SSSR count). The number of ether oxygens (including phenoxy) is 2. The molecule has 1 aliphatic heterocycles. The number of carbonyl (C=O) groups is 2. The van der Waals surface area contributed by atoms with E-state index < -0.39 is 28.4 Å². The molecule has 0 aliphatic carbocycles. The third kappa shape index (κ3) is 4.72. The lowest BCUT2D eigenvalue weighted by molar-refractivity contribution is -0.384. The Bertz CT molecular complexity index is 848. The van der Waals surface area contributed by atoms with E-state index in [0.29, 0.717) is 11.3 Å². The fraction of sp³-hybridized carbons (Fsp3) is 0.368. The first-order chi connectivity index (χ1) is 12.5. The van der Waals surface area contributed by atoms with Crippen molar-refractivity contribution in [2.75, 3.05) is 7.11 Å². The monoisotopic (exact) mass is 374 g/mol. The first-order valence-corrected chi connectivity index (χ1v) is 8.29. The summed E-state index contributed by atoms with van der Waals surface area (Å²) in [4.78, 5) is 35.4. The largest absolute Gasteiger partial charge is 0.464 e. The van der Waals surface area contributed by atoms with Crippen LogP contribution in [0.25, 0.3) is 0 Å². The van der Waals surface area contributed by atoms with E-state index in [4.69, 9.17) is 9.47 Å². The number of nitro groups is 1. The summed E-state index contributed by atoms with van der Waals surface area (Å²) >= 11 is 0. The van der Waals surface area contributed by atoms with Crippen molar-refractivity contribution in [3.05, 3.63) is 63.0 Å². The third-order valence-corrected chi connectivity index (χ3v) is 3.83. The second-order valence-corrected chi connectivity index (χ2v) is 7.07. The molecule has 144 valence electrons. The van der Waals surface area contributed by atoms with E-state index in [2.05, 4.69) is 5.32 Å². The van der Waals surface area contributed by atoms with Crippen molar-refractivity contribution in [3.63, 3.8) is 0 Å². The van der Waals surface area contributed by atoms with Gasteiger partial charge in [-0.25, -0.2) is 9.59 Å². The van der Waals surface area contributed by atoms with E-state index in [1.165, 1.54) is 31.4 Å². The second-order valence-electron chi connectivity index (χ2n) is 7.07. The summed E-state index contributed by atoms with van der Waals surface area (Å²) in [5, 5.41) is 14.0. The minimum absolute atomic E-state index is 0.111. The first-order valence-electron chi connectivity index (χ1n) is 8.29. The Hall–Kier alpha value is -3.16. The minimum Gasteiger partial charge on any atom is -0.464 e. The molecule has 1 aliphatic rings. The average Bonchev–Trinajstić information content (AvgIpc) is 2.58. The number of hydrogen-bond donors (Lipinski definition) is 1. The highest BCUT2D eigenvalue weighted by Crippen LogP contribution is 2.35. The van der Waals surface area contributed by atoms with Gasteiger partial charge in [0.1, 0.15) is 11.3 Å². The Morgan fingerprint density at radius 3 is 2.44 bits per heavy atom. The Kier molecular flexibility index (Phi) is 5.68. The van der Waals surface area contributed by atoms with Gasteiger partial charge in [0.05, 0.1) is 17.6 Å². The molecule has 1 atom stereocenters. The van der Waals surface area contributed by atoms with Crippen molar-refractivity contribution in [2.24, 2.45) is 0 Å². The molecule has 27 heavy (non-hydrogen) atoms. The number of methoxy groups -OCH3 is 1. The number of carbonyl (C=O) groups excluding carboxylic acids is 2. The van der Waals surface area contributed by atoms with Gasteiger partial charge in [0.25, 0.3) is 5.69 Å². The number of nitrogens with one attached hydrogen (secondary N) is 1. The summed E-state index contributed by atoms with van der Waals surface area (Å²) in [5.41, 5.74) is 0.511. The maximum atomic E-state index is 12.8. The zero-order chi connectivity index (χ0) is 20.4.